The average Bonchev–Trinajstić information content (AvgIpc) is 0.918. The first kappa shape index (κ1) is 72.9. The van der Waals surface area contributed by atoms with Crippen molar-refractivity contribution in [1.82, 2.24) is 49.1 Å². The molecule has 1 saturated heterocycles. The predicted octanol–water partition coefficient (Wildman–Crippen LogP) is 9.59. The van der Waals surface area contributed by atoms with E-state index in [9.17, 15) is 28.8 Å². The fourth-order valence-corrected chi connectivity index (χ4v) is 11.5. The van der Waals surface area contributed by atoms with Gasteiger partial charge < -0.3 is 38.5 Å². The van der Waals surface area contributed by atoms with Gasteiger partial charge in [0.25, 0.3) is 23.6 Å². The Kier molecular flexibility index (Phi) is 25.6. The van der Waals surface area contributed by atoms with Gasteiger partial charge in [-0.2, -0.15) is 10.2 Å². The van der Waals surface area contributed by atoms with Gasteiger partial charge in [-0.25, -0.2) is 38.5 Å². The summed E-state index contributed by atoms with van der Waals surface area (Å²) >= 11 is 12.3. The Bertz CT molecular complexity index is 3330. The summed E-state index contributed by atoms with van der Waals surface area (Å²) in [5.74, 6) is -6.54. The first-order valence-electron chi connectivity index (χ1n) is 31.8. The van der Waals surface area contributed by atoms with Crippen molar-refractivity contribution in [2.24, 2.45) is 23.7 Å². The molecule has 0 radical (unpaired) electrons. The van der Waals surface area contributed by atoms with E-state index >= 15 is 9.59 Å². The van der Waals surface area contributed by atoms with E-state index in [1.807, 2.05) is 104 Å². The van der Waals surface area contributed by atoms with E-state index in [1.54, 1.807) is 57.9 Å². The lowest BCUT2D eigenvalue weighted by atomic mass is 9.99. The van der Waals surface area contributed by atoms with Crippen LogP contribution in [0.4, 0.5) is 0 Å². The lowest BCUT2D eigenvalue weighted by molar-refractivity contribution is -0.176. The van der Waals surface area contributed by atoms with Gasteiger partial charge in [-0.1, -0.05) is 127 Å². The van der Waals surface area contributed by atoms with Gasteiger partial charge in [0.05, 0.1) is 13.1 Å². The third kappa shape index (κ3) is 19.3. The van der Waals surface area contributed by atoms with Crippen LogP contribution in [0, 0.1) is 23.7 Å². The van der Waals surface area contributed by atoms with Gasteiger partial charge in [-0.05, 0) is 134 Å². The van der Waals surface area contributed by atoms with Crippen molar-refractivity contribution in [3.8, 4) is 22.8 Å². The van der Waals surface area contributed by atoms with Crippen LogP contribution < -0.4 is 0 Å². The van der Waals surface area contributed by atoms with E-state index in [1.165, 1.54) is 54.7 Å². The molecule has 7 rings (SSSR count). The Morgan fingerprint density at radius 1 is 0.383 bits per heavy atom. The average molecular weight is 1330 g/mol. The lowest BCUT2D eigenvalue weighted by Crippen LogP contribution is -2.55. The molecule has 2 aromatic heterocycles. The molecule has 1 fully saturated rings. The van der Waals surface area contributed by atoms with E-state index in [0.717, 1.165) is 41.9 Å². The van der Waals surface area contributed by atoms with Crippen molar-refractivity contribution in [2.45, 2.75) is 169 Å². The number of carbonyl (C=O) groups excluding carboxylic acids is 8. The van der Waals surface area contributed by atoms with Gasteiger partial charge in [0, 0.05) is 62.2 Å². The highest BCUT2D eigenvalue weighted by molar-refractivity contribution is 6.31. The van der Waals surface area contributed by atoms with E-state index in [0.29, 0.717) is 45.9 Å². The fourth-order valence-electron chi connectivity index (χ4n) is 11.2. The Hall–Kier alpha value is -8.50. The Balaban J connectivity index is 1.23. The number of cyclic esters (lactones) is 4. The number of esters is 4. The van der Waals surface area contributed by atoms with Gasteiger partial charge in [0.1, 0.15) is 36.8 Å². The van der Waals surface area contributed by atoms with Crippen molar-refractivity contribution in [3.63, 3.8) is 0 Å². The number of nitrogens with zero attached hydrogens (tertiary/aromatic N) is 10. The van der Waals surface area contributed by atoms with Crippen molar-refractivity contribution < 1.29 is 57.3 Å². The summed E-state index contributed by atoms with van der Waals surface area (Å²) in [6, 6.07) is 23.6. The van der Waals surface area contributed by atoms with Crippen molar-refractivity contribution in [1.29, 1.82) is 0 Å². The van der Waals surface area contributed by atoms with Gasteiger partial charge >= 0.3 is 23.9 Å². The van der Waals surface area contributed by atoms with Crippen LogP contribution in [0.1, 0.15) is 117 Å². The maximum Gasteiger partial charge on any atom is 0.329 e. The van der Waals surface area contributed by atoms with Crippen LogP contribution in [-0.4, -0.2) is 173 Å². The van der Waals surface area contributed by atoms with Crippen LogP contribution in [0.15, 0.2) is 110 Å². The molecule has 0 saturated carbocycles. The number of likely N-dealkylation sites (N-methyl/N-ethyl adjacent to an activating group) is 4. The molecule has 1 aliphatic rings. The minimum absolute atomic E-state index is 0.0529. The van der Waals surface area contributed by atoms with Crippen molar-refractivity contribution in [2.75, 3.05) is 28.2 Å². The second kappa shape index (κ2) is 33.1. The highest BCUT2D eigenvalue weighted by Crippen LogP contribution is 2.27. The van der Waals surface area contributed by atoms with E-state index in [2.05, 4.69) is 20.2 Å². The SMILES string of the molecule is CC(C)C[C@H]1C(=O)O[C@H](Cc2ccc(Cn3ncnc3-c3ccc(Cl)cc3)cc2)C(=O)N(C)[C@@H](CC(C)C)C(=O)O[C@H](C)C(=O)N(C)[C@@H](CC(C)C)C(=O)O[C@H](Cc2ccc(Cn3ncnc3-c3ccc(Cl)cc3)cc2)C(=O)N(C)[C@@H](CC(C)C)C(=O)O[C@H](C)C(=O)N1C. The molecule has 0 N–H and O–H groups in total. The third-order valence-corrected chi connectivity index (χ3v) is 17.0. The standard InChI is InChI=1S/C70H88Cl2N10O12/c1-41(2)31-55-67(87)91-45(9)63(83)77(11)58(34-44(7)8)70(90)94-60(36-48-17-21-50(22-18-48)38-82-62(74-40-76-82)52-25-29-54(72)30-26-52)66(86)80(14)56(32-42(3)4)68(88)92-46(10)64(84)78(12)57(33-43(5)6)69(89)93-59(65(85)79(55)13)35-47-15-19-49(20-16-47)37-81-61(73-39-75-81)51-23-27-53(71)28-24-51/h15-30,39-46,55-60H,31-38H2,1-14H3/t45-,46-,55+,56+,57+,58+,59-,60-/m1/s1. The molecule has 4 amide bonds. The number of amides is 4. The van der Waals surface area contributed by atoms with E-state index in [-0.39, 0.29) is 62.2 Å². The number of hydrogen-bond acceptors (Lipinski definition) is 16. The summed E-state index contributed by atoms with van der Waals surface area (Å²) in [5.41, 5.74) is 4.42. The minimum atomic E-state index is -1.59. The molecule has 6 aromatic rings. The van der Waals surface area contributed by atoms with Crippen LogP contribution in [0.3, 0.4) is 0 Å². The molecule has 0 spiro atoms. The van der Waals surface area contributed by atoms with Crippen LogP contribution in [-0.2, 0) is 83.2 Å². The molecule has 24 heteroatoms. The maximum atomic E-state index is 15.2. The fraction of sp³-hybridized carbons (Fsp3) is 0.486. The second-order valence-electron chi connectivity index (χ2n) is 25.9. The summed E-state index contributed by atoms with van der Waals surface area (Å²) < 4.78 is 27.9. The zero-order chi connectivity index (χ0) is 68.8. The number of benzene rings is 4. The van der Waals surface area contributed by atoms with E-state index in [4.69, 9.17) is 42.1 Å². The summed E-state index contributed by atoms with van der Waals surface area (Å²) in [6.07, 6.45) is -3.45. The van der Waals surface area contributed by atoms with Gasteiger partial charge in [-0.15, -0.1) is 0 Å². The van der Waals surface area contributed by atoms with Crippen LogP contribution >= 0.6 is 23.2 Å². The number of aromatic nitrogens is 6. The zero-order valence-electron chi connectivity index (χ0n) is 56.1. The molecular weight excluding hydrogens is 1240 g/mol. The van der Waals surface area contributed by atoms with Gasteiger partial charge in [0.2, 0.25) is 0 Å². The molecule has 504 valence electrons. The lowest BCUT2D eigenvalue weighted by Gasteiger charge is -2.35. The largest absolute Gasteiger partial charge is 0.451 e. The molecule has 0 bridgehead atoms. The predicted molar refractivity (Wildman–Crippen MR) is 354 cm³/mol. The normalized spacial score (nSPS) is 21.5. The number of carbonyl (C=O) groups is 8. The molecule has 94 heavy (non-hydrogen) atoms. The molecule has 4 aromatic carbocycles. The quantitative estimate of drug-likeness (QED) is 0.0574. The minimum Gasteiger partial charge on any atom is -0.451 e. The van der Waals surface area contributed by atoms with Crippen LogP contribution in [0.2, 0.25) is 10.0 Å². The Labute approximate surface area is 560 Å². The molecule has 22 nitrogen and oxygen atoms in total. The molecule has 3 heterocycles. The summed E-state index contributed by atoms with van der Waals surface area (Å²) in [4.78, 5) is 132. The zero-order valence-corrected chi connectivity index (χ0v) is 57.6. The molecule has 0 unspecified atom stereocenters. The summed E-state index contributed by atoms with van der Waals surface area (Å²) in [5, 5.41) is 10.0. The smallest absolute Gasteiger partial charge is 0.329 e. The first-order chi connectivity index (χ1) is 44.5. The Morgan fingerprint density at radius 2 is 0.649 bits per heavy atom. The third-order valence-electron chi connectivity index (χ3n) is 16.5. The number of rotatable bonds is 18. The molecule has 8 atom stereocenters. The highest BCUT2D eigenvalue weighted by Gasteiger charge is 2.43. The van der Waals surface area contributed by atoms with Gasteiger partial charge in [0.15, 0.2) is 36.1 Å². The summed E-state index contributed by atoms with van der Waals surface area (Å²) in [6.45, 7) is 18.1. The molecule has 0 aliphatic carbocycles. The van der Waals surface area contributed by atoms with Crippen LogP contribution in [0.5, 0.6) is 0 Å². The second-order valence-corrected chi connectivity index (χ2v) is 26.8. The Morgan fingerprint density at radius 3 is 0.936 bits per heavy atom. The number of halogens is 2. The maximum absolute atomic E-state index is 15.2. The van der Waals surface area contributed by atoms with Crippen molar-refractivity contribution in [3.05, 3.63) is 142 Å². The molecule has 1 aliphatic heterocycles. The van der Waals surface area contributed by atoms with Crippen LogP contribution in [0.25, 0.3) is 22.8 Å². The summed E-state index contributed by atoms with van der Waals surface area (Å²) in [7, 11) is 5.53. The van der Waals surface area contributed by atoms with Crippen molar-refractivity contribution >= 4 is 70.7 Å². The topological polar surface area (TPSA) is 248 Å². The monoisotopic (exact) mass is 1330 g/mol. The molecular formula is C70H88Cl2N10O12. The van der Waals surface area contributed by atoms with E-state index < -0.39 is 96.1 Å². The first-order valence-corrected chi connectivity index (χ1v) is 32.6. The highest BCUT2D eigenvalue weighted by atomic mass is 35.5. The number of ether oxygens (including phenoxy) is 4. The number of hydrogen-bond donors (Lipinski definition) is 0. The van der Waals surface area contributed by atoms with Gasteiger partial charge in [-0.3, -0.25) is 19.2 Å².